The fraction of sp³-hybridized carbons (Fsp3) is 0.611. The third-order valence-corrected chi connectivity index (χ3v) is 5.34. The number of Topliss-reactive ketones (excluding diaryl/α,β-unsaturated/α-hetero) is 1. The van der Waals surface area contributed by atoms with Gasteiger partial charge in [-0.3, -0.25) is 14.6 Å². The molecule has 0 radical (unpaired) electrons. The van der Waals surface area contributed by atoms with Crippen LogP contribution in [0.15, 0.2) is 18.2 Å². The summed E-state index contributed by atoms with van der Waals surface area (Å²) in [5, 5.41) is 0. The molecule has 2 aliphatic rings. The second-order valence-electron chi connectivity index (χ2n) is 6.67. The van der Waals surface area contributed by atoms with Crippen LogP contribution in [0.2, 0.25) is 0 Å². The summed E-state index contributed by atoms with van der Waals surface area (Å²) >= 11 is 0. The Kier molecular flexibility index (Phi) is 4.14. The second-order valence-corrected chi connectivity index (χ2v) is 6.67. The van der Waals surface area contributed by atoms with Crippen LogP contribution in [-0.2, 0) is 0 Å². The number of piperazine rings is 1. The Bertz CT molecular complexity index is 540. The van der Waals surface area contributed by atoms with Crippen LogP contribution in [0.4, 0.5) is 0 Å². The van der Waals surface area contributed by atoms with Crippen molar-refractivity contribution in [3.05, 3.63) is 34.9 Å². The van der Waals surface area contributed by atoms with Crippen molar-refractivity contribution in [2.24, 2.45) is 0 Å². The lowest BCUT2D eigenvalue weighted by atomic mass is 9.98. The van der Waals surface area contributed by atoms with Crippen LogP contribution < -0.4 is 0 Å². The lowest BCUT2D eigenvalue weighted by molar-refractivity contribution is 0.0602. The van der Waals surface area contributed by atoms with Gasteiger partial charge in [0.05, 0.1) is 6.04 Å². The fourth-order valence-corrected chi connectivity index (χ4v) is 3.67. The van der Waals surface area contributed by atoms with E-state index in [1.54, 1.807) is 0 Å². The molecule has 1 aromatic rings. The Morgan fingerprint density at radius 3 is 2.76 bits per heavy atom. The predicted molar refractivity (Wildman–Crippen MR) is 85.9 cm³/mol. The van der Waals surface area contributed by atoms with Crippen molar-refractivity contribution in [3.8, 4) is 0 Å². The van der Waals surface area contributed by atoms with E-state index in [0.717, 1.165) is 25.2 Å². The van der Waals surface area contributed by atoms with Crippen molar-refractivity contribution in [2.45, 2.75) is 45.7 Å². The molecule has 21 heavy (non-hydrogen) atoms. The molecule has 2 unspecified atom stereocenters. The van der Waals surface area contributed by atoms with Gasteiger partial charge < -0.3 is 0 Å². The quantitative estimate of drug-likeness (QED) is 0.798. The number of hydrogen-bond donors (Lipinski definition) is 0. The van der Waals surface area contributed by atoms with Gasteiger partial charge in [-0.2, -0.15) is 0 Å². The summed E-state index contributed by atoms with van der Waals surface area (Å²) in [5.41, 5.74) is 3.31. The maximum Gasteiger partial charge on any atom is 0.179 e. The molecule has 1 aromatic carbocycles. The minimum atomic E-state index is -0.00476. The highest BCUT2D eigenvalue weighted by Crippen LogP contribution is 2.23. The van der Waals surface area contributed by atoms with Crippen molar-refractivity contribution in [2.75, 3.05) is 26.2 Å². The molecule has 2 heterocycles. The first kappa shape index (κ1) is 14.7. The standard InChI is InChI=1S/C18H26N2O/c1-13-6-7-16(11-14(13)2)18(21)15(3)20-10-9-19-8-4-5-17(19)12-20/h6-7,11,15,17H,4-5,8-10,12H2,1-3H3. The number of carbonyl (C=O) groups excluding carboxylic acids is 1. The molecule has 3 rings (SSSR count). The van der Waals surface area contributed by atoms with Crippen LogP contribution in [0.25, 0.3) is 0 Å². The highest BCUT2D eigenvalue weighted by molar-refractivity contribution is 6.00. The van der Waals surface area contributed by atoms with E-state index in [9.17, 15) is 4.79 Å². The van der Waals surface area contributed by atoms with E-state index in [-0.39, 0.29) is 11.8 Å². The van der Waals surface area contributed by atoms with Gasteiger partial charge in [0.25, 0.3) is 0 Å². The van der Waals surface area contributed by atoms with Gasteiger partial charge in [0.2, 0.25) is 0 Å². The summed E-state index contributed by atoms with van der Waals surface area (Å²) < 4.78 is 0. The minimum absolute atomic E-state index is 0.00476. The van der Waals surface area contributed by atoms with Crippen LogP contribution in [0.3, 0.4) is 0 Å². The first-order valence-electron chi connectivity index (χ1n) is 8.16. The van der Waals surface area contributed by atoms with Gasteiger partial charge in [-0.25, -0.2) is 0 Å². The summed E-state index contributed by atoms with van der Waals surface area (Å²) in [6.45, 7) is 10.7. The largest absolute Gasteiger partial charge is 0.298 e. The SMILES string of the molecule is Cc1ccc(C(=O)C(C)N2CCN3CCCC3C2)cc1C. The summed E-state index contributed by atoms with van der Waals surface area (Å²) in [7, 11) is 0. The van der Waals surface area contributed by atoms with E-state index in [2.05, 4.69) is 36.6 Å². The number of benzene rings is 1. The predicted octanol–water partition coefficient (Wildman–Crippen LogP) is 2.65. The first-order chi connectivity index (χ1) is 10.1. The second kappa shape index (κ2) is 5.90. The van der Waals surface area contributed by atoms with Crippen LogP contribution >= 0.6 is 0 Å². The Labute approximate surface area is 127 Å². The molecule has 2 saturated heterocycles. The number of aryl methyl sites for hydroxylation is 2. The topological polar surface area (TPSA) is 23.6 Å². The molecule has 0 spiro atoms. The van der Waals surface area contributed by atoms with Crippen LogP contribution in [0.1, 0.15) is 41.3 Å². The van der Waals surface area contributed by atoms with E-state index < -0.39 is 0 Å². The molecule has 0 saturated carbocycles. The van der Waals surface area contributed by atoms with E-state index in [4.69, 9.17) is 0 Å². The van der Waals surface area contributed by atoms with Crippen molar-refractivity contribution >= 4 is 5.78 Å². The number of rotatable bonds is 3. The van der Waals surface area contributed by atoms with Crippen molar-refractivity contribution in [1.29, 1.82) is 0 Å². The van der Waals surface area contributed by atoms with Crippen molar-refractivity contribution in [1.82, 2.24) is 9.80 Å². The molecule has 2 aliphatic heterocycles. The zero-order chi connectivity index (χ0) is 15.0. The van der Waals surface area contributed by atoms with Crippen LogP contribution in [0, 0.1) is 13.8 Å². The zero-order valence-corrected chi connectivity index (χ0v) is 13.4. The van der Waals surface area contributed by atoms with Gasteiger partial charge in [0.1, 0.15) is 0 Å². The van der Waals surface area contributed by atoms with E-state index in [0.29, 0.717) is 6.04 Å². The number of fused-ring (bicyclic) bond motifs is 1. The third-order valence-electron chi connectivity index (χ3n) is 5.34. The number of nitrogens with zero attached hydrogens (tertiary/aromatic N) is 2. The highest BCUT2D eigenvalue weighted by atomic mass is 16.1. The van der Waals surface area contributed by atoms with E-state index in [1.165, 1.54) is 30.5 Å². The summed E-state index contributed by atoms with van der Waals surface area (Å²) in [6, 6.07) is 6.75. The molecule has 0 N–H and O–H groups in total. The monoisotopic (exact) mass is 286 g/mol. The van der Waals surface area contributed by atoms with Gasteiger partial charge in [0, 0.05) is 31.2 Å². The van der Waals surface area contributed by atoms with E-state index >= 15 is 0 Å². The molecule has 0 aliphatic carbocycles. The molecule has 114 valence electrons. The van der Waals surface area contributed by atoms with Crippen molar-refractivity contribution < 1.29 is 4.79 Å². The molecule has 2 atom stereocenters. The van der Waals surface area contributed by atoms with Gasteiger partial charge in [-0.15, -0.1) is 0 Å². The molecule has 2 fully saturated rings. The fourth-order valence-electron chi connectivity index (χ4n) is 3.67. The lowest BCUT2D eigenvalue weighted by Gasteiger charge is -2.40. The molecular weight excluding hydrogens is 260 g/mol. The smallest absolute Gasteiger partial charge is 0.179 e. The summed E-state index contributed by atoms with van der Waals surface area (Å²) in [5.74, 6) is 0.268. The maximum atomic E-state index is 12.7. The Hall–Kier alpha value is -1.19. The highest BCUT2D eigenvalue weighted by Gasteiger charge is 2.34. The van der Waals surface area contributed by atoms with Crippen LogP contribution in [-0.4, -0.2) is 53.8 Å². The van der Waals surface area contributed by atoms with Gasteiger partial charge in [-0.05, 0) is 57.4 Å². The Morgan fingerprint density at radius 1 is 1.19 bits per heavy atom. The van der Waals surface area contributed by atoms with Gasteiger partial charge in [-0.1, -0.05) is 12.1 Å². The summed E-state index contributed by atoms with van der Waals surface area (Å²) in [6.07, 6.45) is 2.61. The van der Waals surface area contributed by atoms with Gasteiger partial charge >= 0.3 is 0 Å². The molecular formula is C18H26N2O. The molecule has 0 aromatic heterocycles. The summed E-state index contributed by atoms with van der Waals surface area (Å²) in [4.78, 5) is 17.7. The molecule has 3 heteroatoms. The minimum Gasteiger partial charge on any atom is -0.298 e. The molecule has 0 bridgehead atoms. The average Bonchev–Trinajstić information content (AvgIpc) is 2.96. The normalized spacial score (nSPS) is 24.8. The van der Waals surface area contributed by atoms with Gasteiger partial charge in [0.15, 0.2) is 5.78 Å². The maximum absolute atomic E-state index is 12.7. The lowest BCUT2D eigenvalue weighted by Crippen LogP contribution is -2.54. The third kappa shape index (κ3) is 2.90. The number of hydrogen-bond acceptors (Lipinski definition) is 3. The van der Waals surface area contributed by atoms with E-state index in [1.807, 2.05) is 12.1 Å². The molecule has 0 amide bonds. The Morgan fingerprint density at radius 2 is 2.00 bits per heavy atom. The van der Waals surface area contributed by atoms with Crippen molar-refractivity contribution in [3.63, 3.8) is 0 Å². The first-order valence-corrected chi connectivity index (χ1v) is 8.16. The zero-order valence-electron chi connectivity index (χ0n) is 13.4. The average molecular weight is 286 g/mol. The van der Waals surface area contributed by atoms with Crippen LogP contribution in [0.5, 0.6) is 0 Å². The number of carbonyl (C=O) groups is 1. The molecule has 3 nitrogen and oxygen atoms in total. The number of ketones is 1. The Balaban J connectivity index is 1.70.